The Hall–Kier alpha value is -0.820. The Bertz CT molecular complexity index is 416. The van der Waals surface area contributed by atoms with Crippen LogP contribution in [0.25, 0.3) is 0 Å². The zero-order valence-corrected chi connectivity index (χ0v) is 13.7. The molecule has 0 radical (unpaired) electrons. The SMILES string of the molecule is CCNC(c1ccc(C)c(C)c1)C1CCC(CC)CC1. The fourth-order valence-corrected chi connectivity index (χ4v) is 3.66. The molecule has 1 N–H and O–H groups in total. The molecule has 1 fully saturated rings. The van der Waals surface area contributed by atoms with Crippen LogP contribution in [0.15, 0.2) is 18.2 Å². The average Bonchev–Trinajstić information content (AvgIpc) is 2.48. The number of hydrogen-bond acceptors (Lipinski definition) is 1. The third-order valence-corrected chi connectivity index (χ3v) is 5.25. The Morgan fingerprint density at radius 1 is 1.05 bits per heavy atom. The number of benzene rings is 1. The summed E-state index contributed by atoms with van der Waals surface area (Å²) in [5.74, 6) is 1.80. The molecule has 0 aromatic heterocycles. The molecule has 20 heavy (non-hydrogen) atoms. The molecule has 1 aliphatic rings. The van der Waals surface area contributed by atoms with Crippen molar-refractivity contribution < 1.29 is 0 Å². The molecule has 1 heteroatoms. The zero-order valence-electron chi connectivity index (χ0n) is 13.7. The third-order valence-electron chi connectivity index (χ3n) is 5.25. The fraction of sp³-hybridized carbons (Fsp3) is 0.684. The smallest absolute Gasteiger partial charge is 0.0348 e. The molecular formula is C19H31N. The molecule has 0 spiro atoms. The predicted molar refractivity (Wildman–Crippen MR) is 88.1 cm³/mol. The zero-order chi connectivity index (χ0) is 14.5. The molecule has 0 bridgehead atoms. The molecule has 112 valence electrons. The van der Waals surface area contributed by atoms with E-state index < -0.39 is 0 Å². The first-order valence-corrected chi connectivity index (χ1v) is 8.46. The molecule has 0 saturated heterocycles. The van der Waals surface area contributed by atoms with Crippen LogP contribution in [0.2, 0.25) is 0 Å². The van der Waals surface area contributed by atoms with Crippen LogP contribution >= 0.6 is 0 Å². The Morgan fingerprint density at radius 2 is 1.75 bits per heavy atom. The van der Waals surface area contributed by atoms with Crippen LogP contribution in [0, 0.1) is 25.7 Å². The maximum atomic E-state index is 3.75. The fourth-order valence-electron chi connectivity index (χ4n) is 3.66. The molecular weight excluding hydrogens is 242 g/mol. The number of aryl methyl sites for hydroxylation is 2. The van der Waals surface area contributed by atoms with Gasteiger partial charge in [-0.05, 0) is 61.8 Å². The highest BCUT2D eigenvalue weighted by molar-refractivity contribution is 5.32. The van der Waals surface area contributed by atoms with Crippen LogP contribution in [0.5, 0.6) is 0 Å². The van der Waals surface area contributed by atoms with Gasteiger partial charge in [-0.25, -0.2) is 0 Å². The Morgan fingerprint density at radius 3 is 2.30 bits per heavy atom. The second-order valence-corrected chi connectivity index (χ2v) is 6.57. The summed E-state index contributed by atoms with van der Waals surface area (Å²) in [6.07, 6.45) is 7.00. The van der Waals surface area contributed by atoms with Gasteiger partial charge in [-0.15, -0.1) is 0 Å². The Kier molecular flexibility index (Phi) is 5.65. The molecule has 0 heterocycles. The summed E-state index contributed by atoms with van der Waals surface area (Å²) in [5, 5.41) is 3.75. The van der Waals surface area contributed by atoms with Crippen LogP contribution in [0.3, 0.4) is 0 Å². The summed E-state index contributed by atoms with van der Waals surface area (Å²) in [6.45, 7) is 10.1. The predicted octanol–water partition coefficient (Wildman–Crippen LogP) is 5.17. The lowest BCUT2D eigenvalue weighted by atomic mass is 9.75. The molecule has 0 amide bonds. The normalized spacial score (nSPS) is 24.6. The quantitative estimate of drug-likeness (QED) is 0.780. The van der Waals surface area contributed by atoms with E-state index in [1.165, 1.54) is 48.8 Å². The molecule has 1 saturated carbocycles. The van der Waals surface area contributed by atoms with Gasteiger partial charge in [0.1, 0.15) is 0 Å². The summed E-state index contributed by atoms with van der Waals surface area (Å²) < 4.78 is 0. The van der Waals surface area contributed by atoms with E-state index >= 15 is 0 Å². The largest absolute Gasteiger partial charge is 0.310 e. The van der Waals surface area contributed by atoms with Crippen LogP contribution < -0.4 is 5.32 Å². The van der Waals surface area contributed by atoms with Crippen molar-refractivity contribution in [2.45, 2.75) is 65.8 Å². The van der Waals surface area contributed by atoms with Crippen molar-refractivity contribution in [1.29, 1.82) is 0 Å². The Labute approximate surface area is 125 Å². The van der Waals surface area contributed by atoms with Crippen molar-refractivity contribution in [3.8, 4) is 0 Å². The summed E-state index contributed by atoms with van der Waals surface area (Å²) in [4.78, 5) is 0. The number of hydrogen-bond donors (Lipinski definition) is 1. The van der Waals surface area contributed by atoms with Gasteiger partial charge in [0.15, 0.2) is 0 Å². The van der Waals surface area contributed by atoms with Crippen LogP contribution in [0.1, 0.15) is 68.7 Å². The third kappa shape index (κ3) is 3.63. The summed E-state index contributed by atoms with van der Waals surface area (Å²) in [6, 6.07) is 7.57. The second kappa shape index (κ2) is 7.26. The van der Waals surface area contributed by atoms with Crippen LogP contribution in [-0.2, 0) is 0 Å². The minimum atomic E-state index is 0.553. The topological polar surface area (TPSA) is 12.0 Å². The van der Waals surface area contributed by atoms with Crippen molar-refractivity contribution in [3.05, 3.63) is 34.9 Å². The molecule has 1 nitrogen and oxygen atoms in total. The van der Waals surface area contributed by atoms with Gasteiger partial charge in [-0.3, -0.25) is 0 Å². The van der Waals surface area contributed by atoms with Gasteiger partial charge in [-0.1, -0.05) is 51.3 Å². The van der Waals surface area contributed by atoms with E-state index in [0.717, 1.165) is 18.4 Å². The molecule has 1 aromatic rings. The van der Waals surface area contributed by atoms with E-state index in [0.29, 0.717) is 6.04 Å². The van der Waals surface area contributed by atoms with E-state index in [1.54, 1.807) is 0 Å². The van der Waals surface area contributed by atoms with Gasteiger partial charge in [0.05, 0.1) is 0 Å². The van der Waals surface area contributed by atoms with Crippen LogP contribution in [0.4, 0.5) is 0 Å². The highest BCUT2D eigenvalue weighted by Crippen LogP contribution is 2.38. The average molecular weight is 273 g/mol. The van der Waals surface area contributed by atoms with Crippen molar-refractivity contribution >= 4 is 0 Å². The van der Waals surface area contributed by atoms with Crippen molar-refractivity contribution in [2.75, 3.05) is 6.54 Å². The highest BCUT2D eigenvalue weighted by Gasteiger charge is 2.27. The maximum absolute atomic E-state index is 3.75. The molecule has 1 atom stereocenters. The minimum absolute atomic E-state index is 0.553. The Balaban J connectivity index is 2.12. The summed E-state index contributed by atoms with van der Waals surface area (Å²) >= 11 is 0. The first-order chi connectivity index (χ1) is 9.65. The molecule has 2 rings (SSSR count). The van der Waals surface area contributed by atoms with E-state index in [1.807, 2.05) is 0 Å². The van der Waals surface area contributed by atoms with Gasteiger partial charge < -0.3 is 5.32 Å². The van der Waals surface area contributed by atoms with Crippen molar-refractivity contribution in [1.82, 2.24) is 5.32 Å². The summed E-state index contributed by atoms with van der Waals surface area (Å²) in [7, 11) is 0. The number of rotatable bonds is 5. The number of nitrogens with one attached hydrogen (secondary N) is 1. The van der Waals surface area contributed by atoms with Gasteiger partial charge in [0.2, 0.25) is 0 Å². The maximum Gasteiger partial charge on any atom is 0.0348 e. The first kappa shape index (κ1) is 15.6. The van der Waals surface area contributed by atoms with E-state index in [2.05, 4.69) is 51.2 Å². The lowest BCUT2D eigenvalue weighted by molar-refractivity contribution is 0.220. The molecule has 1 aromatic carbocycles. The van der Waals surface area contributed by atoms with E-state index in [9.17, 15) is 0 Å². The molecule has 0 aliphatic heterocycles. The minimum Gasteiger partial charge on any atom is -0.310 e. The van der Waals surface area contributed by atoms with Gasteiger partial charge in [0, 0.05) is 6.04 Å². The summed E-state index contributed by atoms with van der Waals surface area (Å²) in [5.41, 5.74) is 4.32. The first-order valence-electron chi connectivity index (χ1n) is 8.46. The molecule has 1 unspecified atom stereocenters. The van der Waals surface area contributed by atoms with Crippen molar-refractivity contribution in [2.24, 2.45) is 11.8 Å². The van der Waals surface area contributed by atoms with E-state index in [4.69, 9.17) is 0 Å². The standard InChI is InChI=1S/C19H31N/c1-5-16-8-11-17(12-9-16)19(20-6-2)18-10-7-14(3)15(4)13-18/h7,10,13,16-17,19-20H,5-6,8-9,11-12H2,1-4H3. The van der Waals surface area contributed by atoms with Gasteiger partial charge in [0.25, 0.3) is 0 Å². The lowest BCUT2D eigenvalue weighted by Gasteiger charge is -2.34. The lowest BCUT2D eigenvalue weighted by Crippen LogP contribution is -2.31. The van der Waals surface area contributed by atoms with E-state index in [-0.39, 0.29) is 0 Å². The van der Waals surface area contributed by atoms with Gasteiger partial charge >= 0.3 is 0 Å². The second-order valence-electron chi connectivity index (χ2n) is 6.57. The van der Waals surface area contributed by atoms with Crippen molar-refractivity contribution in [3.63, 3.8) is 0 Å². The monoisotopic (exact) mass is 273 g/mol. The highest BCUT2D eigenvalue weighted by atomic mass is 14.9. The van der Waals surface area contributed by atoms with Crippen LogP contribution in [-0.4, -0.2) is 6.54 Å². The molecule has 1 aliphatic carbocycles. The van der Waals surface area contributed by atoms with Gasteiger partial charge in [-0.2, -0.15) is 0 Å².